The van der Waals surface area contributed by atoms with E-state index in [9.17, 15) is 0 Å². The summed E-state index contributed by atoms with van der Waals surface area (Å²) in [5.74, 6) is 0.694. The highest BCUT2D eigenvalue weighted by Crippen LogP contribution is 2.29. The van der Waals surface area contributed by atoms with Gasteiger partial charge in [0.25, 0.3) is 0 Å². The smallest absolute Gasteiger partial charge is 0.132 e. The first-order chi connectivity index (χ1) is 11.5. The molecule has 2 aromatic carbocycles. The van der Waals surface area contributed by atoms with Crippen molar-refractivity contribution in [1.29, 1.82) is 0 Å². The van der Waals surface area contributed by atoms with E-state index in [4.69, 9.17) is 16.2 Å². The SMILES string of the molecule is Cn1ccc(COc2cc(N)c(N)c(Cc3ccc(Br)cc3)c2)n1. The van der Waals surface area contributed by atoms with Crippen LogP contribution in [-0.4, -0.2) is 9.78 Å². The average Bonchev–Trinajstić information content (AvgIpc) is 2.97. The fourth-order valence-corrected chi connectivity index (χ4v) is 2.72. The minimum absolute atomic E-state index is 0.391. The third-order valence-electron chi connectivity index (χ3n) is 3.73. The van der Waals surface area contributed by atoms with Crippen LogP contribution in [0.5, 0.6) is 5.75 Å². The van der Waals surface area contributed by atoms with Gasteiger partial charge in [0.05, 0.1) is 17.1 Å². The number of nitrogen functional groups attached to an aromatic ring is 2. The summed E-state index contributed by atoms with van der Waals surface area (Å²) in [4.78, 5) is 0. The van der Waals surface area contributed by atoms with E-state index < -0.39 is 0 Å². The van der Waals surface area contributed by atoms with Gasteiger partial charge in [0, 0.05) is 23.8 Å². The Balaban J connectivity index is 1.78. The number of anilines is 2. The zero-order chi connectivity index (χ0) is 17.1. The molecule has 0 saturated carbocycles. The minimum Gasteiger partial charge on any atom is -0.487 e. The number of halogens is 1. The van der Waals surface area contributed by atoms with Crippen molar-refractivity contribution >= 4 is 27.3 Å². The summed E-state index contributed by atoms with van der Waals surface area (Å²) in [5.41, 5.74) is 16.3. The minimum atomic E-state index is 0.391. The lowest BCUT2D eigenvalue weighted by Gasteiger charge is -2.12. The Morgan fingerprint density at radius 3 is 2.54 bits per heavy atom. The number of nitrogens with zero attached hydrogens (tertiary/aromatic N) is 2. The molecule has 1 heterocycles. The Labute approximate surface area is 149 Å². The van der Waals surface area contributed by atoms with Gasteiger partial charge in [-0.15, -0.1) is 0 Å². The fraction of sp³-hybridized carbons (Fsp3) is 0.167. The van der Waals surface area contributed by atoms with Gasteiger partial charge in [-0.3, -0.25) is 4.68 Å². The molecule has 0 atom stereocenters. The Hall–Kier alpha value is -2.47. The fourth-order valence-electron chi connectivity index (χ4n) is 2.46. The van der Waals surface area contributed by atoms with Crippen molar-refractivity contribution in [3.05, 3.63) is 70.0 Å². The molecule has 0 bridgehead atoms. The molecule has 0 amide bonds. The quantitative estimate of drug-likeness (QED) is 0.657. The first kappa shape index (κ1) is 16.4. The van der Waals surface area contributed by atoms with E-state index >= 15 is 0 Å². The summed E-state index contributed by atoms with van der Waals surface area (Å²) >= 11 is 3.44. The Kier molecular flexibility index (Phi) is 4.76. The van der Waals surface area contributed by atoms with Gasteiger partial charge < -0.3 is 16.2 Å². The number of hydrogen-bond donors (Lipinski definition) is 2. The van der Waals surface area contributed by atoms with Crippen LogP contribution < -0.4 is 16.2 Å². The van der Waals surface area contributed by atoms with Crippen LogP contribution in [0, 0.1) is 0 Å². The van der Waals surface area contributed by atoms with E-state index in [1.54, 1.807) is 10.7 Å². The maximum Gasteiger partial charge on any atom is 0.132 e. The maximum absolute atomic E-state index is 6.13. The second-order valence-corrected chi connectivity index (χ2v) is 6.57. The lowest BCUT2D eigenvalue weighted by atomic mass is 10.0. The Morgan fingerprint density at radius 2 is 1.88 bits per heavy atom. The van der Waals surface area contributed by atoms with Crippen molar-refractivity contribution < 1.29 is 4.74 Å². The number of ether oxygens (including phenoxy) is 1. The molecule has 0 unspecified atom stereocenters. The van der Waals surface area contributed by atoms with E-state index in [-0.39, 0.29) is 0 Å². The van der Waals surface area contributed by atoms with Crippen molar-refractivity contribution in [2.45, 2.75) is 13.0 Å². The van der Waals surface area contributed by atoms with Crippen molar-refractivity contribution in [1.82, 2.24) is 9.78 Å². The second kappa shape index (κ2) is 6.97. The molecule has 0 saturated heterocycles. The van der Waals surface area contributed by atoms with Gasteiger partial charge >= 0.3 is 0 Å². The summed E-state index contributed by atoms with van der Waals surface area (Å²) < 4.78 is 8.61. The standard InChI is InChI=1S/C18H19BrN4O/c1-23-7-6-15(22-23)11-24-16-9-13(18(21)17(20)10-16)8-12-2-4-14(19)5-3-12/h2-7,9-10H,8,11,20-21H2,1H3. The second-order valence-electron chi connectivity index (χ2n) is 5.66. The van der Waals surface area contributed by atoms with E-state index in [0.717, 1.165) is 21.3 Å². The highest BCUT2D eigenvalue weighted by Gasteiger charge is 2.09. The van der Waals surface area contributed by atoms with Crippen LogP contribution in [0.2, 0.25) is 0 Å². The van der Waals surface area contributed by atoms with Gasteiger partial charge in [-0.25, -0.2) is 0 Å². The molecule has 5 nitrogen and oxygen atoms in total. The molecule has 6 heteroatoms. The first-order valence-corrected chi connectivity index (χ1v) is 8.34. The van der Waals surface area contributed by atoms with E-state index in [1.165, 1.54) is 0 Å². The van der Waals surface area contributed by atoms with Crippen LogP contribution in [0.4, 0.5) is 11.4 Å². The van der Waals surface area contributed by atoms with E-state index in [0.29, 0.717) is 30.2 Å². The van der Waals surface area contributed by atoms with E-state index in [1.807, 2.05) is 37.5 Å². The molecule has 3 aromatic rings. The molecule has 0 aliphatic heterocycles. The predicted octanol–water partition coefficient (Wildman–Crippen LogP) is 3.52. The molecule has 1 aromatic heterocycles. The molecular formula is C18H19BrN4O. The van der Waals surface area contributed by atoms with Crippen LogP contribution >= 0.6 is 15.9 Å². The average molecular weight is 387 g/mol. The van der Waals surface area contributed by atoms with Gasteiger partial charge in [0.2, 0.25) is 0 Å². The number of aromatic nitrogens is 2. The highest BCUT2D eigenvalue weighted by atomic mass is 79.9. The van der Waals surface area contributed by atoms with Crippen LogP contribution in [0.25, 0.3) is 0 Å². The molecule has 24 heavy (non-hydrogen) atoms. The van der Waals surface area contributed by atoms with Gasteiger partial charge in [-0.1, -0.05) is 28.1 Å². The Bertz CT molecular complexity index is 843. The summed E-state index contributed by atoms with van der Waals surface area (Å²) in [7, 11) is 1.88. The van der Waals surface area contributed by atoms with Crippen molar-refractivity contribution in [3.63, 3.8) is 0 Å². The maximum atomic E-state index is 6.13. The lowest BCUT2D eigenvalue weighted by Crippen LogP contribution is -2.04. The summed E-state index contributed by atoms with van der Waals surface area (Å²) in [6.45, 7) is 0.391. The molecule has 0 aliphatic rings. The van der Waals surface area contributed by atoms with Crippen LogP contribution in [0.3, 0.4) is 0 Å². The highest BCUT2D eigenvalue weighted by molar-refractivity contribution is 9.10. The van der Waals surface area contributed by atoms with Crippen molar-refractivity contribution in [3.8, 4) is 5.75 Å². The largest absolute Gasteiger partial charge is 0.487 e. The summed E-state index contributed by atoms with van der Waals surface area (Å²) in [6, 6.07) is 13.7. The number of nitrogens with two attached hydrogens (primary N) is 2. The van der Waals surface area contributed by atoms with Crippen LogP contribution in [-0.2, 0) is 20.1 Å². The summed E-state index contributed by atoms with van der Waals surface area (Å²) in [5, 5.41) is 4.30. The molecule has 4 N–H and O–H groups in total. The summed E-state index contributed by atoms with van der Waals surface area (Å²) in [6.07, 6.45) is 2.58. The van der Waals surface area contributed by atoms with Gasteiger partial charge in [0.15, 0.2) is 0 Å². The van der Waals surface area contributed by atoms with Crippen molar-refractivity contribution in [2.24, 2.45) is 7.05 Å². The third kappa shape index (κ3) is 3.89. The molecule has 124 valence electrons. The monoisotopic (exact) mass is 386 g/mol. The lowest BCUT2D eigenvalue weighted by molar-refractivity contribution is 0.300. The molecule has 0 fully saturated rings. The number of benzene rings is 2. The predicted molar refractivity (Wildman–Crippen MR) is 99.8 cm³/mol. The normalized spacial score (nSPS) is 10.8. The van der Waals surface area contributed by atoms with Crippen molar-refractivity contribution in [2.75, 3.05) is 11.5 Å². The molecule has 0 spiro atoms. The van der Waals surface area contributed by atoms with E-state index in [2.05, 4.69) is 33.2 Å². The zero-order valence-electron chi connectivity index (χ0n) is 13.4. The van der Waals surface area contributed by atoms with Crippen LogP contribution in [0.15, 0.2) is 53.1 Å². The Morgan fingerprint density at radius 1 is 1.12 bits per heavy atom. The third-order valence-corrected chi connectivity index (χ3v) is 4.26. The number of aryl methyl sites for hydroxylation is 1. The number of hydrogen-bond acceptors (Lipinski definition) is 4. The van der Waals surface area contributed by atoms with Gasteiger partial charge in [-0.05, 0) is 41.8 Å². The molecule has 0 radical (unpaired) electrons. The van der Waals surface area contributed by atoms with Gasteiger partial charge in [-0.2, -0.15) is 5.10 Å². The number of rotatable bonds is 5. The van der Waals surface area contributed by atoms with Gasteiger partial charge in [0.1, 0.15) is 12.4 Å². The van der Waals surface area contributed by atoms with Crippen LogP contribution in [0.1, 0.15) is 16.8 Å². The molecular weight excluding hydrogens is 368 g/mol. The molecule has 0 aliphatic carbocycles. The molecule has 3 rings (SSSR count). The topological polar surface area (TPSA) is 79.1 Å². The first-order valence-electron chi connectivity index (χ1n) is 7.55. The zero-order valence-corrected chi connectivity index (χ0v) is 15.0.